The van der Waals surface area contributed by atoms with Crippen LogP contribution in [-0.4, -0.2) is 125 Å². The summed E-state index contributed by atoms with van der Waals surface area (Å²) in [5.74, 6) is -5.15. The van der Waals surface area contributed by atoms with Gasteiger partial charge in [0.25, 0.3) is 0 Å². The third-order valence-electron chi connectivity index (χ3n) is 12.6. The number of hydrogen-bond acceptors (Lipinski definition) is 13. The van der Waals surface area contributed by atoms with Gasteiger partial charge in [-0.15, -0.1) is 0 Å². The first kappa shape index (κ1) is 50.3. The molecule has 4 unspecified atom stereocenters. The van der Waals surface area contributed by atoms with E-state index in [2.05, 4.69) is 5.10 Å². The van der Waals surface area contributed by atoms with Crippen LogP contribution in [0.1, 0.15) is 92.7 Å². The standard InChI is InChI=1S/C46H67ClFN3O10/c1-13-36-46(9,56)41(54)27(4)38(50-49-30(7)32-16-20-34(48)21-17-32)25(2)24-45(8,57-12)42(61-44-39(53)35(51(10)11)22-26(3)58-44)28(5)40(29(6)43(55)59-36)60-37(52)23-31-14-18-33(47)19-15-31/h14-21,25-29,35-36,39-42,44,53-54,56H,13,22-24H2,1-12H3/b49-30+,50-38+/t25-,26?,27+,28+,29-,35?,36-,39?,40+,41-,42-,44?,45-,46-/m1/s1. The van der Waals surface area contributed by atoms with E-state index in [0.29, 0.717) is 34.0 Å². The summed E-state index contributed by atoms with van der Waals surface area (Å²) >= 11 is 6.11. The summed E-state index contributed by atoms with van der Waals surface area (Å²) in [6, 6.07) is 12.3. The van der Waals surface area contributed by atoms with E-state index < -0.39 is 89.4 Å². The van der Waals surface area contributed by atoms with Crippen LogP contribution in [0.2, 0.25) is 5.02 Å². The van der Waals surface area contributed by atoms with E-state index in [1.165, 1.54) is 26.2 Å². The molecule has 2 aliphatic rings. The Balaban J connectivity index is 1.92. The zero-order valence-electron chi connectivity index (χ0n) is 37.7. The van der Waals surface area contributed by atoms with Crippen LogP contribution >= 0.6 is 11.6 Å². The number of rotatable bonds is 10. The Morgan fingerprint density at radius 3 is 2.21 bits per heavy atom. The van der Waals surface area contributed by atoms with Gasteiger partial charge < -0.3 is 43.9 Å². The Hall–Kier alpha value is -3.34. The lowest BCUT2D eigenvalue weighted by atomic mass is 9.73. The Labute approximate surface area is 365 Å². The summed E-state index contributed by atoms with van der Waals surface area (Å²) in [6.45, 7) is 15.6. The molecule has 0 aliphatic carbocycles. The number of cyclic esters (lactones) is 1. The zero-order chi connectivity index (χ0) is 45.6. The smallest absolute Gasteiger partial charge is 0.312 e. The van der Waals surface area contributed by atoms with Crippen molar-refractivity contribution in [3.8, 4) is 0 Å². The topological polar surface area (TPSA) is 169 Å². The molecule has 0 spiro atoms. The first-order valence-corrected chi connectivity index (χ1v) is 21.6. The van der Waals surface area contributed by atoms with Gasteiger partial charge in [0, 0.05) is 35.7 Å². The van der Waals surface area contributed by atoms with E-state index in [0.717, 1.165) is 0 Å². The number of likely N-dealkylation sites (N-methyl/N-ethyl adjacent to an activating group) is 1. The van der Waals surface area contributed by atoms with Gasteiger partial charge in [-0.05, 0) is 109 Å². The molecule has 0 amide bonds. The highest BCUT2D eigenvalue weighted by Crippen LogP contribution is 2.40. The molecule has 15 heteroatoms. The molecular formula is C46H67ClFN3O10. The quantitative estimate of drug-likeness (QED) is 0.137. The lowest BCUT2D eigenvalue weighted by molar-refractivity contribution is -0.301. The van der Waals surface area contributed by atoms with Crippen LogP contribution in [-0.2, 0) is 39.7 Å². The summed E-state index contributed by atoms with van der Waals surface area (Å²) in [6.07, 6.45) is -6.79. The normalized spacial score (nSPS) is 36.7. The predicted molar refractivity (Wildman–Crippen MR) is 232 cm³/mol. The third kappa shape index (κ3) is 12.2. The molecule has 2 aromatic carbocycles. The van der Waals surface area contributed by atoms with Gasteiger partial charge in [-0.25, -0.2) is 4.39 Å². The average Bonchev–Trinajstić information content (AvgIpc) is 3.21. The summed E-state index contributed by atoms with van der Waals surface area (Å²) < 4.78 is 45.7. The lowest BCUT2D eigenvalue weighted by Gasteiger charge is -2.48. The maximum Gasteiger partial charge on any atom is 0.312 e. The highest BCUT2D eigenvalue weighted by atomic mass is 35.5. The summed E-state index contributed by atoms with van der Waals surface area (Å²) in [5, 5.41) is 45.6. The molecule has 0 radical (unpaired) electrons. The molecule has 2 heterocycles. The number of aliphatic hydroxyl groups is 3. The van der Waals surface area contributed by atoms with E-state index >= 15 is 0 Å². The molecule has 2 aliphatic heterocycles. The van der Waals surface area contributed by atoms with Crippen molar-refractivity contribution in [1.29, 1.82) is 0 Å². The molecule has 0 aromatic heterocycles. The number of esters is 2. The Bertz CT molecular complexity index is 1830. The maximum atomic E-state index is 14.3. The van der Waals surface area contributed by atoms with Crippen molar-refractivity contribution < 1.29 is 53.0 Å². The number of methoxy groups -OCH3 is 1. The van der Waals surface area contributed by atoms with Crippen LogP contribution in [0.25, 0.3) is 0 Å². The fourth-order valence-electron chi connectivity index (χ4n) is 8.83. The summed E-state index contributed by atoms with van der Waals surface area (Å²) in [7, 11) is 5.26. The minimum atomic E-state index is -1.99. The van der Waals surface area contributed by atoms with Gasteiger partial charge in [0.05, 0.1) is 42.0 Å². The van der Waals surface area contributed by atoms with Crippen LogP contribution in [0.5, 0.6) is 0 Å². The van der Waals surface area contributed by atoms with Crippen molar-refractivity contribution in [2.45, 2.75) is 148 Å². The van der Waals surface area contributed by atoms with Gasteiger partial charge in [-0.1, -0.05) is 63.6 Å². The molecule has 2 saturated heterocycles. The molecule has 13 nitrogen and oxygen atoms in total. The Morgan fingerprint density at radius 2 is 1.64 bits per heavy atom. The van der Waals surface area contributed by atoms with Crippen molar-refractivity contribution in [2.24, 2.45) is 33.9 Å². The predicted octanol–water partition coefficient (Wildman–Crippen LogP) is 6.40. The summed E-state index contributed by atoms with van der Waals surface area (Å²) in [4.78, 5) is 30.1. The largest absolute Gasteiger partial charge is 0.461 e. The van der Waals surface area contributed by atoms with Gasteiger partial charge in [0.2, 0.25) is 0 Å². The zero-order valence-corrected chi connectivity index (χ0v) is 38.4. The van der Waals surface area contributed by atoms with E-state index in [4.69, 9.17) is 40.4 Å². The average molecular weight is 877 g/mol. The van der Waals surface area contributed by atoms with Crippen molar-refractivity contribution in [2.75, 3.05) is 21.2 Å². The third-order valence-corrected chi connectivity index (χ3v) is 12.9. The number of benzene rings is 2. The van der Waals surface area contributed by atoms with E-state index in [1.807, 2.05) is 39.8 Å². The van der Waals surface area contributed by atoms with Crippen molar-refractivity contribution in [3.05, 3.63) is 70.5 Å². The highest BCUT2D eigenvalue weighted by molar-refractivity contribution is 6.30. The fraction of sp³-hybridized carbons (Fsp3) is 0.652. The SMILES string of the molecule is CC[C@H]1OC(=O)[C@H](C)[C@@H](OC(=O)Cc2ccc(Cl)cc2)[C@H](C)[C@@H](OC2OC(C)CC(N(C)C)C2O)[C@](C)(OC)C[C@@H](C)/C(=N\N=C(/C)c2ccc(F)cc2)[C@H](C)[C@@H](O)[C@]1(C)O. The molecule has 0 saturated carbocycles. The Kier molecular flexibility index (Phi) is 17.6. The molecule has 61 heavy (non-hydrogen) atoms. The van der Waals surface area contributed by atoms with Crippen LogP contribution < -0.4 is 0 Å². The second-order valence-corrected chi connectivity index (χ2v) is 18.1. The molecule has 14 atom stereocenters. The minimum Gasteiger partial charge on any atom is -0.461 e. The number of nitrogens with zero attached hydrogens (tertiary/aromatic N) is 3. The molecular weight excluding hydrogens is 809 g/mol. The number of halogens is 2. The van der Waals surface area contributed by atoms with Gasteiger partial charge in [0.1, 0.15) is 29.7 Å². The highest BCUT2D eigenvalue weighted by Gasteiger charge is 2.52. The Morgan fingerprint density at radius 1 is 1.02 bits per heavy atom. The molecule has 340 valence electrons. The first-order valence-electron chi connectivity index (χ1n) is 21.2. The van der Waals surface area contributed by atoms with Gasteiger partial charge in [0.15, 0.2) is 6.29 Å². The van der Waals surface area contributed by atoms with Gasteiger partial charge >= 0.3 is 11.9 Å². The van der Waals surface area contributed by atoms with Crippen LogP contribution in [0, 0.1) is 29.5 Å². The summed E-state index contributed by atoms with van der Waals surface area (Å²) in [5.41, 5.74) is -1.15. The molecule has 2 aromatic rings. The van der Waals surface area contributed by atoms with Gasteiger partial charge in [-0.3, -0.25) is 9.59 Å². The molecule has 2 fully saturated rings. The van der Waals surface area contributed by atoms with E-state index in [-0.39, 0.29) is 31.4 Å². The molecule has 4 rings (SSSR count). The molecule has 3 N–H and O–H groups in total. The minimum absolute atomic E-state index is 0.130. The van der Waals surface area contributed by atoms with Crippen molar-refractivity contribution >= 4 is 35.0 Å². The lowest BCUT2D eigenvalue weighted by Crippen LogP contribution is -2.60. The van der Waals surface area contributed by atoms with Crippen LogP contribution in [0.3, 0.4) is 0 Å². The van der Waals surface area contributed by atoms with E-state index in [9.17, 15) is 29.3 Å². The number of carbonyl (C=O) groups is 2. The van der Waals surface area contributed by atoms with Crippen molar-refractivity contribution in [3.63, 3.8) is 0 Å². The number of ether oxygens (including phenoxy) is 5. The fourth-order valence-corrected chi connectivity index (χ4v) is 8.95. The number of aliphatic hydroxyl groups excluding tert-OH is 2. The van der Waals surface area contributed by atoms with Crippen molar-refractivity contribution in [1.82, 2.24) is 4.90 Å². The number of hydrogen-bond donors (Lipinski definition) is 3. The second-order valence-electron chi connectivity index (χ2n) is 17.7. The molecule has 0 bridgehead atoms. The monoisotopic (exact) mass is 875 g/mol. The second kappa shape index (κ2) is 21.4. The number of carbonyl (C=O) groups excluding carboxylic acids is 2. The van der Waals surface area contributed by atoms with Gasteiger partial charge in [-0.2, -0.15) is 10.2 Å². The van der Waals surface area contributed by atoms with Crippen LogP contribution in [0.4, 0.5) is 4.39 Å². The van der Waals surface area contributed by atoms with Crippen LogP contribution in [0.15, 0.2) is 58.7 Å². The van der Waals surface area contributed by atoms with E-state index in [1.54, 1.807) is 71.0 Å². The first-order chi connectivity index (χ1) is 28.5. The maximum absolute atomic E-state index is 14.3.